The number of aliphatic hydroxyl groups excluding tert-OH is 1. The van der Waals surface area contributed by atoms with Gasteiger partial charge < -0.3 is 30.1 Å². The number of fused-ring (bicyclic) bond motifs is 1. The van der Waals surface area contributed by atoms with Gasteiger partial charge in [0.05, 0.1) is 9.99 Å². The Bertz CT molecular complexity index is 834. The van der Waals surface area contributed by atoms with Crippen molar-refractivity contribution in [1.82, 2.24) is 14.8 Å². The van der Waals surface area contributed by atoms with E-state index < -0.39 is 18.2 Å². The van der Waals surface area contributed by atoms with Crippen molar-refractivity contribution in [3.63, 3.8) is 0 Å². The molecule has 1 aliphatic heterocycles. The normalized spacial score (nSPS) is 21.5. The van der Waals surface area contributed by atoms with E-state index in [9.17, 15) is 20.1 Å². The molecule has 9 heteroatoms. The number of aromatic amines is 1. The number of halogens is 1. The smallest absolute Gasteiger partial charge is 0.352 e. The van der Waals surface area contributed by atoms with Crippen LogP contribution in [0.15, 0.2) is 16.6 Å². The predicted molar refractivity (Wildman–Crippen MR) is 86.6 cm³/mol. The first-order valence-corrected chi connectivity index (χ1v) is 7.53. The number of aromatic nitrogens is 1. The Balaban J connectivity index is 2.31. The van der Waals surface area contributed by atoms with Gasteiger partial charge in [0.15, 0.2) is 12.2 Å². The van der Waals surface area contributed by atoms with Gasteiger partial charge in [-0.2, -0.15) is 0 Å². The van der Waals surface area contributed by atoms with Gasteiger partial charge in [0.1, 0.15) is 17.5 Å². The van der Waals surface area contributed by atoms with E-state index in [1.54, 1.807) is 20.2 Å². The molecule has 2 aromatic rings. The van der Waals surface area contributed by atoms with Gasteiger partial charge in [0.25, 0.3) is 0 Å². The second-order valence-electron chi connectivity index (χ2n) is 5.47. The third kappa shape index (κ3) is 2.15. The first-order chi connectivity index (χ1) is 10.7. The molecule has 23 heavy (non-hydrogen) atoms. The van der Waals surface area contributed by atoms with Crippen molar-refractivity contribution in [2.45, 2.75) is 12.3 Å². The number of hydrogen-bond acceptors (Lipinski definition) is 4. The van der Waals surface area contributed by atoms with Crippen LogP contribution < -0.4 is 0 Å². The molecule has 5 N–H and O–H groups in total. The number of likely N-dealkylation sites (N-methyl/N-ethyl adjacent to an activating group) is 2. The zero-order chi connectivity index (χ0) is 17.0. The summed E-state index contributed by atoms with van der Waals surface area (Å²) in [6, 6.07) is 2.31. The second-order valence-corrected chi connectivity index (χ2v) is 6.33. The molecule has 0 bridgehead atoms. The Morgan fingerprint density at radius 1 is 1.35 bits per heavy atom. The molecule has 1 aliphatic rings. The summed E-state index contributed by atoms with van der Waals surface area (Å²) in [5.41, 5.74) is 0.744. The van der Waals surface area contributed by atoms with Crippen molar-refractivity contribution in [1.29, 1.82) is 5.41 Å². The summed E-state index contributed by atoms with van der Waals surface area (Å²) < 4.78 is 0.417. The number of hydrogen-bond donors (Lipinski definition) is 5. The maximum Gasteiger partial charge on any atom is 0.352 e. The van der Waals surface area contributed by atoms with Crippen LogP contribution in [0.1, 0.15) is 22.1 Å². The van der Waals surface area contributed by atoms with Gasteiger partial charge in [-0.3, -0.25) is 5.41 Å². The first-order valence-electron chi connectivity index (χ1n) is 6.73. The lowest BCUT2D eigenvalue weighted by molar-refractivity contribution is 0.0495. The average molecular weight is 383 g/mol. The molecule has 1 fully saturated rings. The Hall–Kier alpha value is -2.26. The molecule has 0 spiro atoms. The zero-order valence-corrected chi connectivity index (χ0v) is 13.9. The van der Waals surface area contributed by atoms with Crippen LogP contribution in [-0.4, -0.2) is 62.4 Å². The van der Waals surface area contributed by atoms with Crippen molar-refractivity contribution >= 4 is 38.8 Å². The number of rotatable bonds is 2. The molecule has 0 radical (unpaired) electrons. The summed E-state index contributed by atoms with van der Waals surface area (Å²) in [6.07, 6.45) is -1.06. The van der Waals surface area contributed by atoms with E-state index in [0.29, 0.717) is 20.9 Å². The van der Waals surface area contributed by atoms with Crippen LogP contribution in [0.3, 0.4) is 0 Å². The number of aromatic hydroxyl groups is 1. The number of benzene rings is 1. The predicted octanol–water partition coefficient (Wildman–Crippen LogP) is 1.51. The molecule has 2 unspecified atom stereocenters. The minimum Gasteiger partial charge on any atom is -0.507 e. The Morgan fingerprint density at radius 3 is 2.52 bits per heavy atom. The number of aliphatic hydroxyl groups is 1. The molecule has 2 heterocycles. The first kappa shape index (κ1) is 15.6. The highest BCUT2D eigenvalue weighted by molar-refractivity contribution is 9.10. The summed E-state index contributed by atoms with van der Waals surface area (Å²) >= 11 is 3.22. The highest BCUT2D eigenvalue weighted by Gasteiger charge is 2.42. The van der Waals surface area contributed by atoms with Gasteiger partial charge in [0, 0.05) is 31.1 Å². The number of H-pyrrole nitrogens is 1. The van der Waals surface area contributed by atoms with Gasteiger partial charge in [-0.1, -0.05) is 0 Å². The Morgan fingerprint density at radius 2 is 2.00 bits per heavy atom. The highest BCUT2D eigenvalue weighted by Crippen LogP contribution is 2.40. The molecular formula is C14H15BrN4O4. The van der Waals surface area contributed by atoms with Crippen molar-refractivity contribution < 1.29 is 20.1 Å². The lowest BCUT2D eigenvalue weighted by Gasteiger charge is -2.22. The minimum atomic E-state index is -1.17. The van der Waals surface area contributed by atoms with E-state index in [4.69, 9.17) is 5.41 Å². The van der Waals surface area contributed by atoms with Crippen LogP contribution in [0.2, 0.25) is 0 Å². The Labute approximate surface area is 139 Å². The lowest BCUT2D eigenvalue weighted by atomic mass is 10.0. The highest BCUT2D eigenvalue weighted by atomic mass is 79.9. The van der Waals surface area contributed by atoms with Crippen molar-refractivity contribution in [2.75, 3.05) is 14.1 Å². The summed E-state index contributed by atoms with van der Waals surface area (Å²) in [5, 5.41) is 38.3. The number of guanidine groups is 1. The molecule has 0 aliphatic carbocycles. The van der Waals surface area contributed by atoms with Gasteiger partial charge in [-0.05, 0) is 22.0 Å². The largest absolute Gasteiger partial charge is 0.507 e. The van der Waals surface area contributed by atoms with Crippen LogP contribution >= 0.6 is 15.9 Å². The number of carboxylic acids is 1. The number of aromatic carboxylic acids is 1. The van der Waals surface area contributed by atoms with Gasteiger partial charge in [-0.25, -0.2) is 4.79 Å². The van der Waals surface area contributed by atoms with Crippen LogP contribution in [0.5, 0.6) is 5.75 Å². The number of carbonyl (C=O) groups is 1. The molecule has 0 saturated carbocycles. The summed E-state index contributed by atoms with van der Waals surface area (Å²) in [6.45, 7) is 0. The molecule has 0 amide bonds. The zero-order valence-electron chi connectivity index (χ0n) is 12.3. The molecule has 1 aromatic heterocycles. The number of phenolic OH excluding ortho intramolecular Hbond substituents is 1. The van der Waals surface area contributed by atoms with E-state index in [-0.39, 0.29) is 17.4 Å². The summed E-state index contributed by atoms with van der Waals surface area (Å²) in [7, 11) is 3.19. The maximum atomic E-state index is 11.6. The van der Waals surface area contributed by atoms with Crippen molar-refractivity contribution in [3.05, 3.63) is 27.9 Å². The van der Waals surface area contributed by atoms with Crippen LogP contribution in [0, 0.1) is 5.41 Å². The van der Waals surface area contributed by atoms with Crippen LogP contribution in [-0.2, 0) is 0 Å². The second kappa shape index (κ2) is 5.14. The third-order valence-electron chi connectivity index (χ3n) is 4.18. The standard InChI is InChI=1S/C14H15BrN4O4/c1-18-11(12(21)19(2)14(18)16)9-5-3-6(15)8(20)4-7(5)17-10(9)13(22)23/h3-4,11-12,16-17,20-21H,1-2H3,(H,22,23). The number of nitrogens with zero attached hydrogens (tertiary/aromatic N) is 2. The fraction of sp³-hybridized carbons (Fsp3) is 0.286. The third-order valence-corrected chi connectivity index (χ3v) is 4.82. The fourth-order valence-electron chi connectivity index (χ4n) is 2.96. The average Bonchev–Trinajstić information content (AvgIpc) is 2.92. The molecule has 8 nitrogen and oxygen atoms in total. The van der Waals surface area contributed by atoms with E-state index in [2.05, 4.69) is 20.9 Å². The fourth-order valence-corrected chi connectivity index (χ4v) is 3.30. The molecule has 1 aromatic carbocycles. The number of nitrogens with one attached hydrogen (secondary N) is 2. The number of carboxylic acid groups (broad SMARTS) is 1. The monoisotopic (exact) mass is 382 g/mol. The Kier molecular flexibility index (Phi) is 3.49. The number of phenols is 1. The molecule has 2 atom stereocenters. The maximum absolute atomic E-state index is 11.6. The quantitative estimate of drug-likeness (QED) is 0.536. The van der Waals surface area contributed by atoms with Crippen LogP contribution in [0.4, 0.5) is 0 Å². The molecule has 122 valence electrons. The van der Waals surface area contributed by atoms with E-state index in [1.807, 2.05) is 0 Å². The minimum absolute atomic E-state index is 0.0209. The SMILES string of the molecule is CN1C(=N)N(C)C(c2c(C(=O)O)[nH]c3cc(O)c(Br)cc23)C1O. The molecule has 1 saturated heterocycles. The topological polar surface area (TPSA) is 124 Å². The van der Waals surface area contributed by atoms with Gasteiger partial charge in [-0.15, -0.1) is 0 Å². The van der Waals surface area contributed by atoms with Crippen molar-refractivity contribution in [2.24, 2.45) is 0 Å². The molecular weight excluding hydrogens is 368 g/mol. The van der Waals surface area contributed by atoms with E-state index >= 15 is 0 Å². The van der Waals surface area contributed by atoms with Gasteiger partial charge in [0.2, 0.25) is 0 Å². The van der Waals surface area contributed by atoms with Crippen LogP contribution in [0.25, 0.3) is 10.9 Å². The molecule has 3 rings (SSSR count). The van der Waals surface area contributed by atoms with Crippen molar-refractivity contribution in [3.8, 4) is 5.75 Å². The van der Waals surface area contributed by atoms with E-state index in [0.717, 1.165) is 0 Å². The summed E-state index contributed by atoms with van der Waals surface area (Å²) in [5.74, 6) is -1.10. The van der Waals surface area contributed by atoms with Gasteiger partial charge >= 0.3 is 5.97 Å². The lowest BCUT2D eigenvalue weighted by Crippen LogP contribution is -2.30. The summed E-state index contributed by atoms with van der Waals surface area (Å²) in [4.78, 5) is 17.3. The van der Waals surface area contributed by atoms with E-state index in [1.165, 1.54) is 15.9 Å².